The number of nitrogens with zero attached hydrogens (tertiary/aromatic N) is 2. The Morgan fingerprint density at radius 2 is 1.75 bits per heavy atom. The van der Waals surface area contributed by atoms with Crippen LogP contribution in [0.15, 0.2) is 22.8 Å². The van der Waals surface area contributed by atoms with Crippen LogP contribution >= 0.6 is 15.9 Å². The van der Waals surface area contributed by atoms with E-state index in [-0.39, 0.29) is 5.56 Å². The van der Waals surface area contributed by atoms with Crippen LogP contribution in [0.3, 0.4) is 0 Å². The van der Waals surface area contributed by atoms with Crippen LogP contribution in [0.2, 0.25) is 0 Å². The zero-order valence-corrected chi connectivity index (χ0v) is 15.9. The summed E-state index contributed by atoms with van der Waals surface area (Å²) in [4.78, 5) is 16.2. The number of carboxylic acids is 1. The molecule has 0 bridgehead atoms. The van der Waals surface area contributed by atoms with Gasteiger partial charge in [0, 0.05) is 18.8 Å². The van der Waals surface area contributed by atoms with Gasteiger partial charge in [-0.15, -0.1) is 0 Å². The summed E-state index contributed by atoms with van der Waals surface area (Å²) in [7, 11) is 1.91. The number of fused-ring (bicyclic) bond motifs is 1. The molecule has 0 aliphatic rings. The Morgan fingerprint density at radius 3 is 2.29 bits per heavy atom. The third-order valence-electron chi connectivity index (χ3n) is 4.38. The first-order valence-electron chi connectivity index (χ1n) is 7.69. The number of hydrogen-bond donors (Lipinski definition) is 1. The van der Waals surface area contributed by atoms with Crippen molar-refractivity contribution >= 4 is 32.9 Å². The Hall–Kier alpha value is -2.14. The standard InChI is InChI=1S/C19H19BrN2O2/c1-9-6-10(2)14(11(3)7-9)13-8-22(5)18-16(20)15(19(23)24)12(4)21-17(13)18/h6-8H,1-5H3,(H,23,24). The molecule has 0 unspecified atom stereocenters. The van der Waals surface area contributed by atoms with E-state index in [1.165, 1.54) is 16.7 Å². The average Bonchev–Trinajstić information content (AvgIpc) is 2.74. The van der Waals surface area contributed by atoms with Crippen molar-refractivity contribution in [2.45, 2.75) is 27.7 Å². The molecule has 0 saturated carbocycles. The summed E-state index contributed by atoms with van der Waals surface area (Å²) in [6.45, 7) is 8.02. The molecule has 4 nitrogen and oxygen atoms in total. The molecule has 3 rings (SSSR count). The quantitative estimate of drug-likeness (QED) is 0.678. The van der Waals surface area contributed by atoms with Gasteiger partial charge in [-0.05, 0) is 60.3 Å². The molecule has 1 aromatic carbocycles. The van der Waals surface area contributed by atoms with Crippen LogP contribution in [0.1, 0.15) is 32.7 Å². The lowest BCUT2D eigenvalue weighted by Gasteiger charge is -2.11. The fourth-order valence-electron chi connectivity index (χ4n) is 3.52. The van der Waals surface area contributed by atoms with Crippen LogP contribution in [0.4, 0.5) is 0 Å². The van der Waals surface area contributed by atoms with Crippen molar-refractivity contribution in [3.8, 4) is 11.1 Å². The van der Waals surface area contributed by atoms with E-state index in [2.05, 4.69) is 53.8 Å². The highest BCUT2D eigenvalue weighted by molar-refractivity contribution is 9.10. The molecule has 0 saturated heterocycles. The maximum Gasteiger partial charge on any atom is 0.338 e. The second-order valence-corrected chi connectivity index (χ2v) is 7.11. The number of pyridine rings is 1. The van der Waals surface area contributed by atoms with Crippen molar-refractivity contribution in [3.05, 3.63) is 50.8 Å². The molecular formula is C19H19BrN2O2. The number of aromatic nitrogens is 2. The Morgan fingerprint density at radius 1 is 1.17 bits per heavy atom. The molecule has 2 heterocycles. The molecule has 0 fully saturated rings. The van der Waals surface area contributed by atoms with Gasteiger partial charge in [-0.3, -0.25) is 0 Å². The SMILES string of the molecule is Cc1cc(C)c(-c2cn(C)c3c(Br)c(C(=O)O)c(C)nc23)c(C)c1. The fourth-order valence-corrected chi connectivity index (χ4v) is 4.45. The number of aromatic carboxylic acids is 1. The molecule has 0 aliphatic carbocycles. The number of carbonyl (C=O) groups is 1. The zero-order chi connectivity index (χ0) is 17.8. The Kier molecular flexibility index (Phi) is 4.00. The van der Waals surface area contributed by atoms with Crippen molar-refractivity contribution in [1.29, 1.82) is 0 Å². The van der Waals surface area contributed by atoms with Gasteiger partial charge in [-0.1, -0.05) is 17.7 Å². The lowest BCUT2D eigenvalue weighted by atomic mass is 9.94. The smallest absolute Gasteiger partial charge is 0.338 e. The third kappa shape index (κ3) is 2.44. The fraction of sp³-hybridized carbons (Fsp3) is 0.263. The minimum atomic E-state index is -0.973. The third-order valence-corrected chi connectivity index (χ3v) is 5.16. The van der Waals surface area contributed by atoms with Gasteiger partial charge in [0.1, 0.15) is 0 Å². The first-order valence-corrected chi connectivity index (χ1v) is 8.48. The van der Waals surface area contributed by atoms with Gasteiger partial charge in [0.2, 0.25) is 0 Å². The Balaban J connectivity index is 2.43. The van der Waals surface area contributed by atoms with Gasteiger partial charge >= 0.3 is 5.97 Å². The molecule has 5 heteroatoms. The lowest BCUT2D eigenvalue weighted by molar-refractivity contribution is 0.0695. The van der Waals surface area contributed by atoms with E-state index in [1.54, 1.807) is 6.92 Å². The van der Waals surface area contributed by atoms with E-state index in [0.717, 1.165) is 22.2 Å². The molecule has 0 radical (unpaired) electrons. The van der Waals surface area contributed by atoms with Crippen LogP contribution < -0.4 is 0 Å². The van der Waals surface area contributed by atoms with Crippen molar-refractivity contribution in [2.24, 2.45) is 7.05 Å². The normalized spacial score (nSPS) is 11.2. The van der Waals surface area contributed by atoms with Crippen molar-refractivity contribution < 1.29 is 9.90 Å². The summed E-state index contributed by atoms with van der Waals surface area (Å²) in [5.41, 5.74) is 8.15. The molecular weight excluding hydrogens is 368 g/mol. The molecule has 0 spiro atoms. The number of hydrogen-bond acceptors (Lipinski definition) is 2. The van der Waals surface area contributed by atoms with Gasteiger partial charge in [-0.25, -0.2) is 9.78 Å². The van der Waals surface area contributed by atoms with E-state index in [4.69, 9.17) is 0 Å². The van der Waals surface area contributed by atoms with Crippen LogP contribution in [0, 0.1) is 27.7 Å². The van der Waals surface area contributed by atoms with Crippen molar-refractivity contribution in [3.63, 3.8) is 0 Å². The molecule has 1 N–H and O–H groups in total. The maximum absolute atomic E-state index is 11.5. The van der Waals surface area contributed by atoms with E-state index in [1.807, 2.05) is 17.8 Å². The van der Waals surface area contributed by atoms with Gasteiger partial charge in [0.25, 0.3) is 0 Å². The van der Waals surface area contributed by atoms with E-state index >= 15 is 0 Å². The highest BCUT2D eigenvalue weighted by Crippen LogP contribution is 2.38. The maximum atomic E-state index is 11.5. The second-order valence-electron chi connectivity index (χ2n) is 6.32. The first-order chi connectivity index (χ1) is 11.2. The largest absolute Gasteiger partial charge is 0.478 e. The predicted molar refractivity (Wildman–Crippen MR) is 99.8 cm³/mol. The molecule has 0 amide bonds. The second kappa shape index (κ2) is 5.74. The minimum absolute atomic E-state index is 0.215. The number of benzene rings is 1. The van der Waals surface area contributed by atoms with Gasteiger partial charge < -0.3 is 9.67 Å². The summed E-state index contributed by atoms with van der Waals surface area (Å²) < 4.78 is 2.51. The number of rotatable bonds is 2. The summed E-state index contributed by atoms with van der Waals surface area (Å²) in [5.74, 6) is -0.973. The average molecular weight is 387 g/mol. The first kappa shape index (κ1) is 16.7. The number of aryl methyl sites for hydroxylation is 5. The van der Waals surface area contributed by atoms with Crippen molar-refractivity contribution in [1.82, 2.24) is 9.55 Å². The van der Waals surface area contributed by atoms with Crippen molar-refractivity contribution in [2.75, 3.05) is 0 Å². The molecule has 3 aromatic rings. The minimum Gasteiger partial charge on any atom is -0.478 e. The predicted octanol–water partition coefficient (Wildman–Crippen LogP) is 4.93. The summed E-state index contributed by atoms with van der Waals surface area (Å²) in [6, 6.07) is 4.32. The summed E-state index contributed by atoms with van der Waals surface area (Å²) in [6.07, 6.45) is 2.03. The van der Waals surface area contributed by atoms with Gasteiger partial charge in [-0.2, -0.15) is 0 Å². The topological polar surface area (TPSA) is 55.1 Å². The zero-order valence-electron chi connectivity index (χ0n) is 14.4. The lowest BCUT2D eigenvalue weighted by Crippen LogP contribution is -2.05. The Bertz CT molecular complexity index is 979. The summed E-state index contributed by atoms with van der Waals surface area (Å²) >= 11 is 3.48. The molecule has 0 aliphatic heterocycles. The van der Waals surface area contributed by atoms with Crippen LogP contribution in [-0.2, 0) is 7.05 Å². The van der Waals surface area contributed by atoms with Gasteiger partial charge in [0.05, 0.1) is 26.8 Å². The van der Waals surface area contributed by atoms with E-state index in [9.17, 15) is 9.90 Å². The monoisotopic (exact) mass is 386 g/mol. The highest BCUT2D eigenvalue weighted by atomic mass is 79.9. The number of halogens is 1. The number of carboxylic acid groups (broad SMARTS) is 1. The Labute approximate surface area is 149 Å². The molecule has 0 atom stereocenters. The molecule has 2 aromatic heterocycles. The highest BCUT2D eigenvalue weighted by Gasteiger charge is 2.22. The van der Waals surface area contributed by atoms with Crippen LogP contribution in [0.25, 0.3) is 22.2 Å². The van der Waals surface area contributed by atoms with Gasteiger partial charge in [0.15, 0.2) is 0 Å². The molecule has 124 valence electrons. The van der Waals surface area contributed by atoms with E-state index < -0.39 is 5.97 Å². The van der Waals surface area contributed by atoms with Crippen LogP contribution in [0.5, 0.6) is 0 Å². The van der Waals surface area contributed by atoms with E-state index in [0.29, 0.717) is 10.2 Å². The van der Waals surface area contributed by atoms with Crippen LogP contribution in [-0.4, -0.2) is 20.6 Å². The summed E-state index contributed by atoms with van der Waals surface area (Å²) in [5, 5.41) is 9.46. The molecule has 24 heavy (non-hydrogen) atoms.